The molecule has 0 aliphatic carbocycles. The van der Waals surface area contributed by atoms with Gasteiger partial charge in [0, 0.05) is 6.54 Å². The zero-order valence-corrected chi connectivity index (χ0v) is 13.5. The number of benzene rings is 1. The van der Waals surface area contributed by atoms with E-state index in [2.05, 4.69) is 0 Å². The van der Waals surface area contributed by atoms with Gasteiger partial charge in [-0.15, -0.1) is 0 Å². The van der Waals surface area contributed by atoms with E-state index in [4.69, 9.17) is 9.78 Å². The fraction of sp³-hybridized carbons (Fsp3) is 0.562. The molecule has 2 unspecified atom stereocenters. The highest BCUT2D eigenvalue weighted by atomic mass is 32.2. The Hall–Kier alpha value is -1.04. The SMILES string of the molecule is CN(C)CCOOC(=O)C(c1ccccc1)C1CCSC1. The van der Waals surface area contributed by atoms with Crippen LogP contribution in [0.25, 0.3) is 0 Å². The van der Waals surface area contributed by atoms with Gasteiger partial charge in [0.25, 0.3) is 0 Å². The van der Waals surface area contributed by atoms with Crippen LogP contribution in [0.15, 0.2) is 30.3 Å². The molecule has 4 nitrogen and oxygen atoms in total. The van der Waals surface area contributed by atoms with Crippen molar-refractivity contribution in [1.82, 2.24) is 4.90 Å². The first-order valence-electron chi connectivity index (χ1n) is 7.29. The van der Waals surface area contributed by atoms with Gasteiger partial charge in [-0.05, 0) is 43.5 Å². The summed E-state index contributed by atoms with van der Waals surface area (Å²) in [5.74, 6) is 1.96. The van der Waals surface area contributed by atoms with Gasteiger partial charge in [-0.2, -0.15) is 16.6 Å². The molecule has 21 heavy (non-hydrogen) atoms. The molecule has 0 spiro atoms. The molecule has 116 valence electrons. The Morgan fingerprint density at radius 2 is 2.14 bits per heavy atom. The van der Waals surface area contributed by atoms with Crippen molar-refractivity contribution in [3.05, 3.63) is 35.9 Å². The Labute approximate surface area is 130 Å². The minimum atomic E-state index is -0.271. The first-order chi connectivity index (χ1) is 10.2. The average molecular weight is 309 g/mol. The summed E-state index contributed by atoms with van der Waals surface area (Å²) in [5.41, 5.74) is 1.02. The molecule has 0 amide bonds. The Morgan fingerprint density at radius 3 is 2.76 bits per heavy atom. The van der Waals surface area contributed by atoms with Gasteiger partial charge in [0.15, 0.2) is 0 Å². The largest absolute Gasteiger partial charge is 0.350 e. The second kappa shape index (κ2) is 8.41. The molecule has 1 saturated heterocycles. The predicted molar refractivity (Wildman–Crippen MR) is 85.2 cm³/mol. The normalized spacial score (nSPS) is 19.7. The van der Waals surface area contributed by atoms with E-state index in [-0.39, 0.29) is 11.9 Å². The van der Waals surface area contributed by atoms with E-state index in [1.165, 1.54) is 0 Å². The fourth-order valence-electron chi connectivity index (χ4n) is 2.45. The molecule has 0 saturated carbocycles. The molecule has 0 N–H and O–H groups in total. The fourth-order valence-corrected chi connectivity index (χ4v) is 3.75. The number of carbonyl (C=O) groups excluding carboxylic acids is 1. The van der Waals surface area contributed by atoms with Gasteiger partial charge in [-0.1, -0.05) is 30.3 Å². The van der Waals surface area contributed by atoms with Crippen LogP contribution in [0.3, 0.4) is 0 Å². The van der Waals surface area contributed by atoms with Crippen molar-refractivity contribution in [3.63, 3.8) is 0 Å². The highest BCUT2D eigenvalue weighted by Crippen LogP contribution is 2.36. The van der Waals surface area contributed by atoms with E-state index >= 15 is 0 Å². The second-order valence-corrected chi connectivity index (χ2v) is 6.69. The average Bonchev–Trinajstić information content (AvgIpc) is 2.99. The van der Waals surface area contributed by atoms with Crippen molar-refractivity contribution in [3.8, 4) is 0 Å². The molecule has 1 heterocycles. The van der Waals surface area contributed by atoms with Gasteiger partial charge in [-0.25, -0.2) is 4.79 Å². The molecule has 1 aromatic carbocycles. The quantitative estimate of drug-likeness (QED) is 0.440. The van der Waals surface area contributed by atoms with Crippen LogP contribution in [0, 0.1) is 5.92 Å². The van der Waals surface area contributed by atoms with Gasteiger partial charge < -0.3 is 4.90 Å². The first-order valence-corrected chi connectivity index (χ1v) is 8.44. The third kappa shape index (κ3) is 5.02. The summed E-state index contributed by atoms with van der Waals surface area (Å²) in [6, 6.07) is 9.88. The number of hydrogen-bond donors (Lipinski definition) is 0. The lowest BCUT2D eigenvalue weighted by Gasteiger charge is -2.21. The minimum Gasteiger partial charge on any atom is -0.307 e. The van der Waals surface area contributed by atoms with Gasteiger partial charge in [-0.3, -0.25) is 4.89 Å². The summed E-state index contributed by atoms with van der Waals surface area (Å²) < 4.78 is 0. The summed E-state index contributed by atoms with van der Waals surface area (Å²) >= 11 is 1.90. The number of rotatable bonds is 7. The van der Waals surface area contributed by atoms with Crippen LogP contribution in [-0.2, 0) is 14.6 Å². The van der Waals surface area contributed by atoms with Crippen molar-refractivity contribution in [1.29, 1.82) is 0 Å². The Kier molecular flexibility index (Phi) is 6.54. The number of hydrogen-bond acceptors (Lipinski definition) is 5. The van der Waals surface area contributed by atoms with Gasteiger partial charge >= 0.3 is 5.97 Å². The Balaban J connectivity index is 1.96. The predicted octanol–water partition coefficient (Wildman–Crippen LogP) is 2.56. The van der Waals surface area contributed by atoms with Gasteiger partial charge in [0.2, 0.25) is 0 Å². The Morgan fingerprint density at radius 1 is 1.38 bits per heavy atom. The van der Waals surface area contributed by atoms with E-state index in [0.717, 1.165) is 30.0 Å². The van der Waals surface area contributed by atoms with Crippen molar-refractivity contribution in [2.45, 2.75) is 12.3 Å². The third-order valence-corrected chi connectivity index (χ3v) is 4.80. The maximum Gasteiger partial charge on any atom is 0.350 e. The molecule has 0 aromatic heterocycles. The summed E-state index contributed by atoms with van der Waals surface area (Å²) in [5, 5.41) is 0. The maximum absolute atomic E-state index is 12.4. The second-order valence-electron chi connectivity index (χ2n) is 5.54. The van der Waals surface area contributed by atoms with Crippen LogP contribution in [0.2, 0.25) is 0 Å². The monoisotopic (exact) mass is 309 g/mol. The zero-order valence-electron chi connectivity index (χ0n) is 12.7. The molecule has 1 aliphatic rings. The zero-order chi connectivity index (χ0) is 15.1. The summed E-state index contributed by atoms with van der Waals surface area (Å²) in [6.45, 7) is 1.11. The van der Waals surface area contributed by atoms with Gasteiger partial charge in [0.1, 0.15) is 6.61 Å². The van der Waals surface area contributed by atoms with Crippen LogP contribution in [0.5, 0.6) is 0 Å². The van der Waals surface area contributed by atoms with Crippen molar-refractivity contribution < 1.29 is 14.6 Å². The minimum absolute atomic E-state index is 0.222. The Bertz CT molecular complexity index is 432. The third-order valence-electron chi connectivity index (χ3n) is 3.61. The number of carbonyl (C=O) groups is 1. The first kappa shape index (κ1) is 16.3. The number of nitrogens with zero attached hydrogens (tertiary/aromatic N) is 1. The lowest BCUT2D eigenvalue weighted by molar-refractivity contribution is -0.275. The van der Waals surface area contributed by atoms with Crippen LogP contribution < -0.4 is 0 Å². The molecule has 2 rings (SSSR count). The molecule has 0 bridgehead atoms. The van der Waals surface area contributed by atoms with Crippen LogP contribution in [0.1, 0.15) is 17.9 Å². The van der Waals surface area contributed by atoms with E-state index in [9.17, 15) is 4.79 Å². The molecule has 5 heteroatoms. The van der Waals surface area contributed by atoms with E-state index in [0.29, 0.717) is 12.5 Å². The summed E-state index contributed by atoms with van der Waals surface area (Å²) in [4.78, 5) is 24.5. The number of thioether (sulfide) groups is 1. The molecular formula is C16H23NO3S. The molecule has 2 atom stereocenters. The lowest BCUT2D eigenvalue weighted by Crippen LogP contribution is -2.26. The van der Waals surface area contributed by atoms with Crippen molar-refractivity contribution >= 4 is 17.7 Å². The maximum atomic E-state index is 12.4. The smallest absolute Gasteiger partial charge is 0.307 e. The van der Waals surface area contributed by atoms with Crippen LogP contribution in [-0.4, -0.2) is 49.6 Å². The molecule has 1 aromatic rings. The van der Waals surface area contributed by atoms with E-state index in [1.54, 1.807) is 0 Å². The van der Waals surface area contributed by atoms with Crippen LogP contribution >= 0.6 is 11.8 Å². The molecular weight excluding hydrogens is 286 g/mol. The number of likely N-dealkylation sites (N-methyl/N-ethyl adjacent to an activating group) is 1. The van der Waals surface area contributed by atoms with Gasteiger partial charge in [0.05, 0.1) is 5.92 Å². The molecule has 0 radical (unpaired) electrons. The van der Waals surface area contributed by atoms with Crippen molar-refractivity contribution in [2.24, 2.45) is 5.92 Å². The van der Waals surface area contributed by atoms with E-state index in [1.807, 2.05) is 61.1 Å². The molecule has 1 fully saturated rings. The standard InChI is InChI=1S/C16H23NO3S/c1-17(2)9-10-19-20-16(18)15(14-8-11-21-12-14)13-6-4-3-5-7-13/h3-7,14-15H,8-12H2,1-2H3. The highest BCUT2D eigenvalue weighted by Gasteiger charge is 2.34. The summed E-state index contributed by atoms with van der Waals surface area (Å²) in [6.07, 6.45) is 1.05. The summed E-state index contributed by atoms with van der Waals surface area (Å²) in [7, 11) is 3.90. The van der Waals surface area contributed by atoms with Crippen molar-refractivity contribution in [2.75, 3.05) is 38.8 Å². The highest BCUT2D eigenvalue weighted by molar-refractivity contribution is 7.99. The topological polar surface area (TPSA) is 38.8 Å². The van der Waals surface area contributed by atoms with E-state index < -0.39 is 0 Å². The van der Waals surface area contributed by atoms with Crippen LogP contribution in [0.4, 0.5) is 0 Å². The molecule has 1 aliphatic heterocycles. The lowest BCUT2D eigenvalue weighted by atomic mass is 9.86.